The summed E-state index contributed by atoms with van der Waals surface area (Å²) in [5.41, 5.74) is 6.95. The average Bonchev–Trinajstić information content (AvgIpc) is 2.81. The Morgan fingerprint density at radius 2 is 1.76 bits per heavy atom. The minimum atomic E-state index is 0.0556. The van der Waals surface area contributed by atoms with Crippen LogP contribution in [0.1, 0.15) is 33.3 Å². The number of hydrogen-bond acceptors (Lipinski definition) is 5. The van der Waals surface area contributed by atoms with Crippen LogP contribution >= 0.6 is 0 Å². The van der Waals surface area contributed by atoms with Crippen molar-refractivity contribution < 1.29 is 4.42 Å². The molecular formula is C12H20N4O. The fourth-order valence-corrected chi connectivity index (χ4v) is 1.04. The molecule has 0 unspecified atom stereocenters. The second-order valence-electron chi connectivity index (χ2n) is 2.61. The van der Waals surface area contributed by atoms with E-state index in [1.54, 1.807) is 6.20 Å². The Morgan fingerprint density at radius 1 is 1.12 bits per heavy atom. The highest BCUT2D eigenvalue weighted by Crippen LogP contribution is 2.18. The average molecular weight is 236 g/mol. The Hall–Kier alpha value is -1.91. The monoisotopic (exact) mass is 236 g/mol. The summed E-state index contributed by atoms with van der Waals surface area (Å²) in [5, 5.41) is 7.30. The molecule has 94 valence electrons. The standard InChI is InChI=1S/C8H8N4O.2C2H6/c1-5-3-2-4-10-6(5)7-11-12-8(9)13-7;2*1-2/h2-4H,1H3,(H2,9,12);2*1-2H3. The Balaban J connectivity index is 0.000000581. The molecule has 0 fully saturated rings. The van der Waals surface area contributed by atoms with Gasteiger partial charge in [-0.3, -0.25) is 4.98 Å². The van der Waals surface area contributed by atoms with Gasteiger partial charge in [0.05, 0.1) is 0 Å². The summed E-state index contributed by atoms with van der Waals surface area (Å²) in [7, 11) is 0. The van der Waals surface area contributed by atoms with E-state index in [2.05, 4.69) is 15.2 Å². The number of anilines is 1. The van der Waals surface area contributed by atoms with Crippen LogP contribution in [0, 0.1) is 6.92 Å². The fourth-order valence-electron chi connectivity index (χ4n) is 1.04. The van der Waals surface area contributed by atoms with Crippen molar-refractivity contribution in [3.63, 3.8) is 0 Å². The van der Waals surface area contributed by atoms with E-state index in [0.29, 0.717) is 11.6 Å². The summed E-state index contributed by atoms with van der Waals surface area (Å²) in [6.45, 7) is 9.92. The van der Waals surface area contributed by atoms with E-state index in [0.717, 1.165) is 5.56 Å². The van der Waals surface area contributed by atoms with Crippen molar-refractivity contribution in [3.8, 4) is 11.6 Å². The van der Waals surface area contributed by atoms with Gasteiger partial charge in [-0.05, 0) is 18.6 Å². The lowest BCUT2D eigenvalue weighted by Crippen LogP contribution is -1.86. The van der Waals surface area contributed by atoms with Gasteiger partial charge in [-0.25, -0.2) is 0 Å². The van der Waals surface area contributed by atoms with Crippen LogP contribution in [0.5, 0.6) is 0 Å². The highest BCUT2D eigenvalue weighted by Gasteiger charge is 2.09. The van der Waals surface area contributed by atoms with Crippen LogP contribution in [-0.4, -0.2) is 15.2 Å². The summed E-state index contributed by atoms with van der Waals surface area (Å²) in [6, 6.07) is 3.82. The third-order valence-corrected chi connectivity index (χ3v) is 1.65. The minimum Gasteiger partial charge on any atom is -0.402 e. The summed E-state index contributed by atoms with van der Waals surface area (Å²) < 4.78 is 5.04. The van der Waals surface area contributed by atoms with Crippen LogP contribution in [-0.2, 0) is 0 Å². The molecule has 0 amide bonds. The highest BCUT2D eigenvalue weighted by molar-refractivity contribution is 5.52. The van der Waals surface area contributed by atoms with Gasteiger partial charge in [0.25, 0.3) is 5.89 Å². The number of nitrogen functional groups attached to an aromatic ring is 1. The fraction of sp³-hybridized carbons (Fsp3) is 0.417. The van der Waals surface area contributed by atoms with Crippen molar-refractivity contribution in [1.29, 1.82) is 0 Å². The lowest BCUT2D eigenvalue weighted by molar-refractivity contribution is 0.587. The molecule has 2 heterocycles. The first kappa shape index (κ1) is 15.1. The number of hydrogen-bond donors (Lipinski definition) is 1. The summed E-state index contributed by atoms with van der Waals surface area (Å²) in [6.07, 6.45) is 1.67. The lowest BCUT2D eigenvalue weighted by atomic mass is 10.2. The first-order valence-electron chi connectivity index (χ1n) is 5.78. The molecule has 0 aromatic carbocycles. The van der Waals surface area contributed by atoms with Crippen molar-refractivity contribution in [1.82, 2.24) is 15.2 Å². The largest absolute Gasteiger partial charge is 0.402 e. The third-order valence-electron chi connectivity index (χ3n) is 1.65. The number of nitrogens with two attached hydrogens (primary N) is 1. The number of aromatic nitrogens is 3. The van der Waals surface area contributed by atoms with E-state index in [4.69, 9.17) is 10.2 Å². The molecule has 0 saturated carbocycles. The highest BCUT2D eigenvalue weighted by atomic mass is 16.4. The number of aryl methyl sites for hydroxylation is 1. The van der Waals surface area contributed by atoms with E-state index in [1.165, 1.54) is 0 Å². The first-order chi connectivity index (χ1) is 8.27. The van der Waals surface area contributed by atoms with Gasteiger partial charge in [-0.15, -0.1) is 5.10 Å². The molecule has 0 aliphatic carbocycles. The van der Waals surface area contributed by atoms with Crippen molar-refractivity contribution in [3.05, 3.63) is 23.9 Å². The van der Waals surface area contributed by atoms with Crippen LogP contribution in [0.4, 0.5) is 6.01 Å². The second-order valence-corrected chi connectivity index (χ2v) is 2.61. The molecule has 2 aromatic heterocycles. The van der Waals surface area contributed by atoms with Crippen molar-refractivity contribution in [2.24, 2.45) is 0 Å². The number of nitrogens with zero attached hydrogens (tertiary/aromatic N) is 3. The SMILES string of the molecule is CC.CC.Cc1cccnc1-c1nnc(N)o1. The summed E-state index contributed by atoms with van der Waals surface area (Å²) >= 11 is 0. The zero-order valence-corrected chi connectivity index (χ0v) is 11.1. The molecule has 0 bridgehead atoms. The molecule has 0 atom stereocenters. The zero-order chi connectivity index (χ0) is 13.3. The summed E-state index contributed by atoms with van der Waals surface area (Å²) in [4.78, 5) is 4.11. The first-order valence-corrected chi connectivity index (χ1v) is 5.78. The summed E-state index contributed by atoms with van der Waals surface area (Å²) in [5.74, 6) is 0.357. The predicted molar refractivity (Wildman–Crippen MR) is 69.4 cm³/mol. The van der Waals surface area contributed by atoms with Crippen LogP contribution in [0.3, 0.4) is 0 Å². The van der Waals surface area contributed by atoms with Crippen molar-refractivity contribution >= 4 is 6.01 Å². The van der Waals surface area contributed by atoms with Gasteiger partial charge in [0.15, 0.2) is 0 Å². The topological polar surface area (TPSA) is 77.8 Å². The normalized spacial score (nSPS) is 8.53. The van der Waals surface area contributed by atoms with Gasteiger partial charge in [-0.1, -0.05) is 38.9 Å². The smallest absolute Gasteiger partial charge is 0.313 e. The molecule has 2 N–H and O–H groups in total. The van der Waals surface area contributed by atoms with Crippen LogP contribution in [0.15, 0.2) is 22.7 Å². The van der Waals surface area contributed by atoms with Gasteiger partial charge in [-0.2, -0.15) is 0 Å². The molecule has 0 aliphatic heterocycles. The Labute approximate surface area is 102 Å². The van der Waals surface area contributed by atoms with Crippen LogP contribution in [0.25, 0.3) is 11.6 Å². The molecule has 5 heteroatoms. The van der Waals surface area contributed by atoms with Gasteiger partial charge < -0.3 is 10.2 Å². The van der Waals surface area contributed by atoms with E-state index < -0.39 is 0 Å². The van der Waals surface area contributed by atoms with E-state index in [1.807, 2.05) is 46.8 Å². The van der Waals surface area contributed by atoms with E-state index in [-0.39, 0.29) is 6.01 Å². The van der Waals surface area contributed by atoms with Crippen LogP contribution < -0.4 is 5.73 Å². The molecule has 2 aromatic rings. The van der Waals surface area contributed by atoms with Gasteiger partial charge >= 0.3 is 6.01 Å². The predicted octanol–water partition coefficient (Wildman–Crippen LogP) is 3.07. The zero-order valence-electron chi connectivity index (χ0n) is 11.1. The quantitative estimate of drug-likeness (QED) is 0.823. The maximum atomic E-state index is 5.30. The molecule has 0 radical (unpaired) electrons. The molecular weight excluding hydrogens is 216 g/mol. The van der Waals surface area contributed by atoms with Crippen molar-refractivity contribution in [2.75, 3.05) is 5.73 Å². The van der Waals surface area contributed by atoms with Crippen molar-refractivity contribution in [2.45, 2.75) is 34.6 Å². The number of rotatable bonds is 1. The van der Waals surface area contributed by atoms with E-state index in [9.17, 15) is 0 Å². The molecule has 5 nitrogen and oxygen atoms in total. The Bertz CT molecular complexity index is 426. The molecule has 0 spiro atoms. The van der Waals surface area contributed by atoms with Gasteiger partial charge in [0.2, 0.25) is 0 Å². The number of pyridine rings is 1. The van der Waals surface area contributed by atoms with E-state index >= 15 is 0 Å². The van der Waals surface area contributed by atoms with Crippen LogP contribution in [0.2, 0.25) is 0 Å². The Morgan fingerprint density at radius 3 is 2.24 bits per heavy atom. The lowest BCUT2D eigenvalue weighted by Gasteiger charge is -1.96. The Kier molecular flexibility index (Phi) is 7.34. The molecule has 17 heavy (non-hydrogen) atoms. The molecule has 0 saturated heterocycles. The third kappa shape index (κ3) is 4.22. The second kappa shape index (κ2) is 8.27. The van der Waals surface area contributed by atoms with Gasteiger partial charge in [0, 0.05) is 6.20 Å². The molecule has 2 rings (SSSR count). The molecule has 0 aliphatic rings. The maximum Gasteiger partial charge on any atom is 0.313 e. The minimum absolute atomic E-state index is 0.0556. The maximum absolute atomic E-state index is 5.30. The van der Waals surface area contributed by atoms with Gasteiger partial charge in [0.1, 0.15) is 5.69 Å².